The molecule has 78 valence electrons. The van der Waals surface area contributed by atoms with Gasteiger partial charge in [0, 0.05) is 6.20 Å². The van der Waals surface area contributed by atoms with Gasteiger partial charge in [-0.15, -0.1) is 0 Å². The molecule has 1 heterocycles. The number of nitrogens with one attached hydrogen (secondary N) is 1. The number of aromatic amines is 1. The number of phosphoric ester groups is 1. The first-order chi connectivity index (χ1) is 6.40. The summed E-state index contributed by atoms with van der Waals surface area (Å²) < 4.78 is 14.4. The molecule has 0 aliphatic carbocycles. The van der Waals surface area contributed by atoms with Crippen molar-refractivity contribution < 1.29 is 18.9 Å². The van der Waals surface area contributed by atoms with Crippen molar-refractivity contribution in [2.75, 3.05) is 0 Å². The van der Waals surface area contributed by atoms with E-state index >= 15 is 0 Å². The summed E-state index contributed by atoms with van der Waals surface area (Å²) in [6.07, 6.45) is 1.43. The van der Waals surface area contributed by atoms with Gasteiger partial charge in [-0.2, -0.15) is 5.10 Å². The van der Waals surface area contributed by atoms with E-state index in [1.54, 1.807) is 0 Å². The molecule has 14 heavy (non-hydrogen) atoms. The largest absolute Gasteiger partial charge is 0.524 e. The highest BCUT2D eigenvalue weighted by atomic mass is 35.5. The summed E-state index contributed by atoms with van der Waals surface area (Å²) >= 11 is 10.7. The number of phosphoric acid groups is 1. The fourth-order valence-corrected chi connectivity index (χ4v) is 1.48. The zero-order valence-corrected chi connectivity index (χ0v) is 8.92. The zero-order valence-electron chi connectivity index (χ0n) is 6.52. The van der Waals surface area contributed by atoms with Gasteiger partial charge in [-0.1, -0.05) is 23.2 Å². The van der Waals surface area contributed by atoms with Gasteiger partial charge >= 0.3 is 7.82 Å². The summed E-state index contributed by atoms with van der Waals surface area (Å²) in [4.78, 5) is 17.1. The lowest BCUT2D eigenvalue weighted by molar-refractivity contribution is 0.268. The van der Waals surface area contributed by atoms with Gasteiger partial charge in [0.1, 0.15) is 5.69 Å². The maximum absolute atomic E-state index is 10.5. The average Bonchev–Trinajstić information content (AvgIpc) is 2.49. The van der Waals surface area contributed by atoms with Crippen molar-refractivity contribution in [3.8, 4) is 0 Å². The van der Waals surface area contributed by atoms with E-state index in [0.717, 1.165) is 0 Å². The van der Waals surface area contributed by atoms with Gasteiger partial charge in [0.2, 0.25) is 0 Å². The SMILES string of the molecule is O=P(O)(O)OC(=C(Cl)Cl)c1cc[nH]n1. The van der Waals surface area contributed by atoms with Gasteiger partial charge in [0.15, 0.2) is 10.3 Å². The van der Waals surface area contributed by atoms with Gasteiger partial charge in [0.25, 0.3) is 0 Å². The normalized spacial score (nSPS) is 11.1. The second-order valence-electron chi connectivity index (χ2n) is 2.13. The van der Waals surface area contributed by atoms with Crippen LogP contribution in [0.3, 0.4) is 0 Å². The quantitative estimate of drug-likeness (QED) is 0.566. The maximum Gasteiger partial charge on any atom is 0.524 e. The minimum absolute atomic E-state index is 0.105. The molecule has 0 atom stereocenters. The second-order valence-corrected chi connectivity index (χ2v) is 4.24. The standard InChI is InChI=1S/C5H5Cl2N2O4P/c6-5(7)4(13-14(10,11)12)3-1-2-8-9-3/h1-2H,(H,8,9)(H2,10,11,12). The van der Waals surface area contributed by atoms with E-state index in [2.05, 4.69) is 14.7 Å². The van der Waals surface area contributed by atoms with Crippen LogP contribution in [0.1, 0.15) is 5.69 Å². The van der Waals surface area contributed by atoms with Gasteiger partial charge < -0.3 is 4.52 Å². The van der Waals surface area contributed by atoms with E-state index in [1.807, 2.05) is 0 Å². The number of halogens is 2. The number of rotatable bonds is 3. The first-order valence-corrected chi connectivity index (χ1v) is 5.49. The Balaban J connectivity index is 3.01. The monoisotopic (exact) mass is 258 g/mol. The van der Waals surface area contributed by atoms with Crippen LogP contribution < -0.4 is 0 Å². The van der Waals surface area contributed by atoms with E-state index in [0.29, 0.717) is 0 Å². The van der Waals surface area contributed by atoms with E-state index < -0.39 is 12.3 Å². The summed E-state index contributed by atoms with van der Waals surface area (Å²) in [7, 11) is -4.70. The molecule has 0 saturated heterocycles. The lowest BCUT2D eigenvalue weighted by atomic mass is 10.4. The Morgan fingerprint density at radius 2 is 2.21 bits per heavy atom. The molecule has 0 saturated carbocycles. The molecule has 0 aromatic carbocycles. The Morgan fingerprint density at radius 3 is 2.57 bits per heavy atom. The maximum atomic E-state index is 10.5. The van der Waals surface area contributed by atoms with Crippen LogP contribution in [0.5, 0.6) is 0 Å². The summed E-state index contributed by atoms with van der Waals surface area (Å²) in [6.45, 7) is 0. The van der Waals surface area contributed by atoms with Crippen LogP contribution in [0.15, 0.2) is 16.8 Å². The number of H-pyrrole nitrogens is 1. The summed E-state index contributed by atoms with van der Waals surface area (Å²) in [5, 5.41) is 6.02. The molecule has 3 N–H and O–H groups in total. The first kappa shape index (κ1) is 11.6. The van der Waals surface area contributed by atoms with Crippen LogP contribution >= 0.6 is 31.0 Å². The molecule has 0 amide bonds. The van der Waals surface area contributed by atoms with E-state index in [1.165, 1.54) is 12.3 Å². The van der Waals surface area contributed by atoms with Crippen molar-refractivity contribution in [1.29, 1.82) is 0 Å². The van der Waals surface area contributed by atoms with Crippen molar-refractivity contribution in [3.63, 3.8) is 0 Å². The number of nitrogens with zero attached hydrogens (tertiary/aromatic N) is 1. The zero-order chi connectivity index (χ0) is 10.8. The van der Waals surface area contributed by atoms with Gasteiger partial charge in [-0.25, -0.2) is 4.57 Å². The third-order valence-electron chi connectivity index (χ3n) is 1.12. The van der Waals surface area contributed by atoms with Crippen molar-refractivity contribution in [2.45, 2.75) is 0 Å². The number of hydrogen-bond donors (Lipinski definition) is 3. The number of aromatic nitrogens is 2. The molecule has 0 aliphatic heterocycles. The predicted molar refractivity (Wildman–Crippen MR) is 50.3 cm³/mol. The molecular formula is C5H5Cl2N2O4P. The Kier molecular flexibility index (Phi) is 3.58. The minimum Gasteiger partial charge on any atom is -0.399 e. The molecule has 0 fully saturated rings. The smallest absolute Gasteiger partial charge is 0.399 e. The van der Waals surface area contributed by atoms with Crippen molar-refractivity contribution >= 4 is 36.8 Å². The average molecular weight is 259 g/mol. The molecular weight excluding hydrogens is 254 g/mol. The molecule has 0 aliphatic rings. The predicted octanol–water partition coefficient (Wildman–Crippen LogP) is 1.62. The summed E-state index contributed by atoms with van der Waals surface area (Å²) in [5.74, 6) is -0.372. The van der Waals surface area contributed by atoms with Crippen molar-refractivity contribution in [2.24, 2.45) is 0 Å². The van der Waals surface area contributed by atoms with Crippen LogP contribution in [0, 0.1) is 0 Å². The third kappa shape index (κ3) is 3.32. The first-order valence-electron chi connectivity index (χ1n) is 3.21. The highest BCUT2D eigenvalue weighted by molar-refractivity contribution is 7.46. The molecule has 0 unspecified atom stereocenters. The van der Waals surface area contributed by atoms with Gasteiger partial charge in [0.05, 0.1) is 0 Å². The van der Waals surface area contributed by atoms with Crippen LogP contribution in [0.25, 0.3) is 5.76 Å². The van der Waals surface area contributed by atoms with Crippen molar-refractivity contribution in [3.05, 3.63) is 22.4 Å². The van der Waals surface area contributed by atoms with Crippen LogP contribution in [0.2, 0.25) is 0 Å². The fraction of sp³-hybridized carbons (Fsp3) is 0. The molecule has 6 nitrogen and oxygen atoms in total. The van der Waals surface area contributed by atoms with Crippen LogP contribution in [-0.4, -0.2) is 20.0 Å². The van der Waals surface area contributed by atoms with Crippen LogP contribution in [-0.2, 0) is 9.09 Å². The van der Waals surface area contributed by atoms with E-state index in [-0.39, 0.29) is 11.5 Å². The van der Waals surface area contributed by atoms with E-state index in [9.17, 15) is 4.57 Å². The molecule has 0 radical (unpaired) electrons. The van der Waals surface area contributed by atoms with Gasteiger partial charge in [-0.05, 0) is 6.07 Å². The highest BCUT2D eigenvalue weighted by Gasteiger charge is 2.22. The Hall–Kier alpha value is -0.520. The number of hydrogen-bond acceptors (Lipinski definition) is 3. The Morgan fingerprint density at radius 1 is 1.57 bits per heavy atom. The molecule has 9 heteroatoms. The lowest BCUT2D eigenvalue weighted by Gasteiger charge is -2.08. The summed E-state index contributed by atoms with van der Waals surface area (Å²) in [5.41, 5.74) is 0.105. The molecule has 1 aromatic rings. The molecule has 0 spiro atoms. The topological polar surface area (TPSA) is 95.4 Å². The fourth-order valence-electron chi connectivity index (χ4n) is 0.684. The minimum atomic E-state index is -4.70. The lowest BCUT2D eigenvalue weighted by Crippen LogP contribution is -1.92. The third-order valence-corrected chi connectivity index (χ3v) is 1.88. The Bertz CT molecular complexity index is 380. The molecule has 1 rings (SSSR count). The van der Waals surface area contributed by atoms with E-state index in [4.69, 9.17) is 33.0 Å². The summed E-state index contributed by atoms with van der Waals surface area (Å²) in [6, 6.07) is 1.40. The van der Waals surface area contributed by atoms with Gasteiger partial charge in [-0.3, -0.25) is 14.9 Å². The molecule has 1 aromatic heterocycles. The highest BCUT2D eigenvalue weighted by Crippen LogP contribution is 2.43. The second kappa shape index (κ2) is 4.33. The Labute approximate surface area is 88.7 Å². The molecule has 0 bridgehead atoms. The van der Waals surface area contributed by atoms with Crippen LogP contribution in [0.4, 0.5) is 0 Å². The van der Waals surface area contributed by atoms with Crippen molar-refractivity contribution in [1.82, 2.24) is 10.2 Å².